The Kier molecular flexibility index (Phi) is 5.78. The molecule has 0 aliphatic rings. The van der Waals surface area contributed by atoms with Crippen LogP contribution in [0.1, 0.15) is 0 Å². The van der Waals surface area contributed by atoms with E-state index in [0.29, 0.717) is 27.3 Å². The SMILES string of the molecule is COCC(Oc1ccc2c(-c3ccccc3Cl)cc(=O)oc2c1)C(=O)OC. The van der Waals surface area contributed by atoms with Gasteiger partial charge in [-0.05, 0) is 18.2 Å². The molecule has 140 valence electrons. The molecule has 0 aliphatic carbocycles. The monoisotopic (exact) mass is 388 g/mol. The van der Waals surface area contributed by atoms with Crippen LogP contribution in [0, 0.1) is 0 Å². The van der Waals surface area contributed by atoms with Crippen LogP contribution in [0.4, 0.5) is 0 Å². The van der Waals surface area contributed by atoms with Crippen LogP contribution in [0.15, 0.2) is 57.7 Å². The highest BCUT2D eigenvalue weighted by Gasteiger charge is 2.21. The number of hydrogen-bond acceptors (Lipinski definition) is 6. The molecule has 2 aromatic carbocycles. The highest BCUT2D eigenvalue weighted by atomic mass is 35.5. The first-order chi connectivity index (χ1) is 13.0. The van der Waals surface area contributed by atoms with Gasteiger partial charge in [-0.3, -0.25) is 0 Å². The number of methoxy groups -OCH3 is 2. The maximum absolute atomic E-state index is 12.0. The number of hydrogen-bond donors (Lipinski definition) is 0. The van der Waals surface area contributed by atoms with Gasteiger partial charge in [0.15, 0.2) is 0 Å². The van der Waals surface area contributed by atoms with E-state index in [2.05, 4.69) is 0 Å². The molecule has 1 atom stereocenters. The van der Waals surface area contributed by atoms with Crippen LogP contribution in [-0.2, 0) is 14.3 Å². The summed E-state index contributed by atoms with van der Waals surface area (Å²) in [5.74, 6) is -0.224. The minimum atomic E-state index is -0.934. The molecule has 3 rings (SSSR count). The number of benzene rings is 2. The van der Waals surface area contributed by atoms with E-state index in [0.717, 1.165) is 5.56 Å². The summed E-state index contributed by atoms with van der Waals surface area (Å²) >= 11 is 6.27. The van der Waals surface area contributed by atoms with Gasteiger partial charge in [0.05, 0.1) is 13.7 Å². The van der Waals surface area contributed by atoms with Crippen LogP contribution >= 0.6 is 11.6 Å². The molecule has 0 fully saturated rings. The lowest BCUT2D eigenvalue weighted by Crippen LogP contribution is -2.32. The zero-order valence-corrected chi connectivity index (χ0v) is 15.5. The van der Waals surface area contributed by atoms with E-state index in [1.807, 2.05) is 18.2 Å². The Labute approximate surface area is 160 Å². The smallest absolute Gasteiger partial charge is 0.349 e. The lowest BCUT2D eigenvalue weighted by molar-refractivity contribution is -0.151. The van der Waals surface area contributed by atoms with Gasteiger partial charge in [-0.2, -0.15) is 0 Å². The lowest BCUT2D eigenvalue weighted by atomic mass is 10.0. The zero-order chi connectivity index (χ0) is 19.4. The zero-order valence-electron chi connectivity index (χ0n) is 14.7. The summed E-state index contributed by atoms with van der Waals surface area (Å²) in [5.41, 5.74) is 1.17. The highest BCUT2D eigenvalue weighted by Crippen LogP contribution is 2.33. The molecule has 0 spiro atoms. The molecule has 3 aromatic rings. The van der Waals surface area contributed by atoms with Crippen LogP contribution < -0.4 is 10.4 Å². The quantitative estimate of drug-likeness (QED) is 0.473. The van der Waals surface area contributed by atoms with Gasteiger partial charge in [-0.25, -0.2) is 9.59 Å². The summed E-state index contributed by atoms with van der Waals surface area (Å²) in [5, 5.41) is 1.21. The van der Waals surface area contributed by atoms with Crippen LogP contribution in [0.3, 0.4) is 0 Å². The van der Waals surface area contributed by atoms with E-state index in [-0.39, 0.29) is 6.61 Å². The maximum atomic E-state index is 12.0. The number of carbonyl (C=O) groups is 1. The van der Waals surface area contributed by atoms with Gasteiger partial charge >= 0.3 is 11.6 Å². The van der Waals surface area contributed by atoms with Crippen molar-refractivity contribution in [2.75, 3.05) is 20.8 Å². The standard InChI is InChI=1S/C20H17ClO6/c1-24-11-18(20(23)25-2)26-12-7-8-14-15(10-19(22)27-17(14)9-12)13-5-3-4-6-16(13)21/h3-10,18H,11H2,1-2H3. The molecule has 0 N–H and O–H groups in total. The molecule has 0 aliphatic heterocycles. The third-order valence-corrected chi connectivity index (χ3v) is 4.27. The van der Waals surface area contributed by atoms with Crippen molar-refractivity contribution < 1.29 is 23.4 Å². The van der Waals surface area contributed by atoms with Crippen molar-refractivity contribution in [2.45, 2.75) is 6.10 Å². The number of fused-ring (bicyclic) bond motifs is 1. The highest BCUT2D eigenvalue weighted by molar-refractivity contribution is 6.33. The number of carbonyl (C=O) groups excluding carboxylic acids is 1. The van der Waals surface area contributed by atoms with Gasteiger partial charge in [-0.15, -0.1) is 0 Å². The van der Waals surface area contributed by atoms with Crippen molar-refractivity contribution in [3.8, 4) is 16.9 Å². The Balaban J connectivity index is 2.05. The van der Waals surface area contributed by atoms with Crippen molar-refractivity contribution in [3.05, 3.63) is 64.0 Å². The fraction of sp³-hybridized carbons (Fsp3) is 0.200. The van der Waals surface area contributed by atoms with Gasteiger partial charge in [0.1, 0.15) is 11.3 Å². The van der Waals surface area contributed by atoms with Crippen molar-refractivity contribution in [3.63, 3.8) is 0 Å². The van der Waals surface area contributed by atoms with Gasteiger partial charge in [0.2, 0.25) is 6.10 Å². The van der Waals surface area contributed by atoms with Crippen LogP contribution in [0.25, 0.3) is 22.1 Å². The van der Waals surface area contributed by atoms with Crippen molar-refractivity contribution in [1.29, 1.82) is 0 Å². The van der Waals surface area contributed by atoms with Crippen LogP contribution in [0.2, 0.25) is 5.02 Å². The minimum absolute atomic E-state index is 0.0221. The van der Waals surface area contributed by atoms with E-state index in [1.54, 1.807) is 24.3 Å². The van der Waals surface area contributed by atoms with Crippen molar-refractivity contribution in [2.24, 2.45) is 0 Å². The first-order valence-corrected chi connectivity index (χ1v) is 8.47. The Morgan fingerprint density at radius 2 is 1.89 bits per heavy atom. The van der Waals surface area contributed by atoms with E-state index in [9.17, 15) is 9.59 Å². The second-order valence-corrected chi connectivity index (χ2v) is 6.11. The molecule has 7 heteroatoms. The minimum Gasteiger partial charge on any atom is -0.476 e. The van der Waals surface area contributed by atoms with E-state index in [1.165, 1.54) is 20.3 Å². The second-order valence-electron chi connectivity index (χ2n) is 5.70. The second kappa shape index (κ2) is 8.24. The fourth-order valence-electron chi connectivity index (χ4n) is 2.72. The summed E-state index contributed by atoms with van der Waals surface area (Å²) < 4.78 is 20.6. The van der Waals surface area contributed by atoms with E-state index < -0.39 is 17.7 Å². The Hall–Kier alpha value is -2.83. The van der Waals surface area contributed by atoms with E-state index >= 15 is 0 Å². The van der Waals surface area contributed by atoms with E-state index in [4.69, 9.17) is 30.2 Å². The lowest BCUT2D eigenvalue weighted by Gasteiger charge is -2.16. The van der Waals surface area contributed by atoms with Gasteiger partial charge < -0.3 is 18.6 Å². The fourth-order valence-corrected chi connectivity index (χ4v) is 2.95. The molecule has 0 bridgehead atoms. The summed E-state index contributed by atoms with van der Waals surface area (Å²) in [6, 6.07) is 13.6. The molecule has 1 unspecified atom stereocenters. The number of halogens is 1. The number of ether oxygens (including phenoxy) is 3. The number of rotatable bonds is 6. The maximum Gasteiger partial charge on any atom is 0.349 e. The normalized spacial score (nSPS) is 12.0. The molecule has 6 nitrogen and oxygen atoms in total. The van der Waals surface area contributed by atoms with Gasteiger partial charge in [0.25, 0.3) is 0 Å². The van der Waals surface area contributed by atoms with Crippen molar-refractivity contribution >= 4 is 28.5 Å². The summed E-state index contributed by atoms with van der Waals surface area (Å²) in [4.78, 5) is 23.8. The van der Waals surface area contributed by atoms with Crippen LogP contribution in [-0.4, -0.2) is 32.9 Å². The average molecular weight is 389 g/mol. The average Bonchev–Trinajstić information content (AvgIpc) is 2.66. The molecular weight excluding hydrogens is 372 g/mol. The first kappa shape index (κ1) is 18.9. The van der Waals surface area contributed by atoms with Crippen molar-refractivity contribution in [1.82, 2.24) is 0 Å². The van der Waals surface area contributed by atoms with Crippen LogP contribution in [0.5, 0.6) is 5.75 Å². The summed E-state index contributed by atoms with van der Waals surface area (Å²) in [6.45, 7) is 0.0221. The number of esters is 1. The van der Waals surface area contributed by atoms with Gasteiger partial charge in [-0.1, -0.05) is 29.8 Å². The first-order valence-electron chi connectivity index (χ1n) is 8.09. The van der Waals surface area contributed by atoms with Gasteiger partial charge in [0, 0.05) is 40.8 Å². The molecule has 27 heavy (non-hydrogen) atoms. The topological polar surface area (TPSA) is 75.0 Å². The third kappa shape index (κ3) is 4.13. The summed E-state index contributed by atoms with van der Waals surface area (Å²) in [7, 11) is 2.72. The largest absolute Gasteiger partial charge is 0.476 e. The third-order valence-electron chi connectivity index (χ3n) is 3.94. The predicted octanol–water partition coefficient (Wildman–Crippen LogP) is 3.68. The summed E-state index contributed by atoms with van der Waals surface area (Å²) in [6.07, 6.45) is -0.934. The molecule has 0 amide bonds. The predicted molar refractivity (Wildman–Crippen MR) is 101 cm³/mol. The molecule has 0 radical (unpaired) electrons. The Morgan fingerprint density at radius 1 is 1.11 bits per heavy atom. The molecule has 0 saturated heterocycles. The Bertz CT molecular complexity index is 1030. The Morgan fingerprint density at radius 3 is 2.59 bits per heavy atom. The molecule has 1 aromatic heterocycles. The molecule has 1 heterocycles. The molecular formula is C20H17ClO6. The molecule has 0 saturated carbocycles.